The van der Waals surface area contributed by atoms with Crippen molar-refractivity contribution in [2.45, 2.75) is 6.54 Å². The minimum absolute atomic E-state index is 0. The Bertz CT molecular complexity index is 853. The summed E-state index contributed by atoms with van der Waals surface area (Å²) in [4.78, 5) is 5.52. The minimum Gasteiger partial charge on any atom is -0.508 e. The fourth-order valence-corrected chi connectivity index (χ4v) is 3.18. The van der Waals surface area contributed by atoms with Gasteiger partial charge >= 0.3 is 0 Å². The molecule has 0 aliphatic heterocycles. The van der Waals surface area contributed by atoms with Crippen molar-refractivity contribution in [1.82, 2.24) is 4.57 Å². The van der Waals surface area contributed by atoms with E-state index in [4.69, 9.17) is 0 Å². The number of nitrogens with zero attached hydrogens (tertiary/aromatic N) is 2. The highest BCUT2D eigenvalue weighted by Crippen LogP contribution is 2.21. The Hall–Kier alpha value is -2.11. The van der Waals surface area contributed by atoms with Gasteiger partial charge in [0, 0.05) is 18.0 Å². The molecule has 5 heteroatoms. The van der Waals surface area contributed by atoms with Gasteiger partial charge in [-0.15, -0.1) is 34.9 Å². The summed E-state index contributed by atoms with van der Waals surface area (Å²) in [5.41, 5.74) is 3.00. The van der Waals surface area contributed by atoms with E-state index in [1.165, 1.54) is 0 Å². The molecular formula is C18H17BrN2OS. The van der Waals surface area contributed by atoms with Gasteiger partial charge in [-0.05, 0) is 17.7 Å². The Morgan fingerprint density at radius 1 is 1.13 bits per heavy atom. The van der Waals surface area contributed by atoms with Gasteiger partial charge in [-0.2, -0.15) is 0 Å². The van der Waals surface area contributed by atoms with Crippen LogP contribution >= 0.6 is 28.3 Å². The molecule has 0 spiro atoms. The maximum atomic E-state index is 9.57. The highest BCUT2D eigenvalue weighted by molar-refractivity contribution is 8.93. The maximum Gasteiger partial charge on any atom is 0.190 e. The SMILES string of the molecule is Br.C=CCn1c(-c2ccccc2)csc1=Nc1cccc(O)c1. The molecule has 3 rings (SSSR count). The van der Waals surface area contributed by atoms with Crippen LogP contribution in [0.2, 0.25) is 0 Å². The predicted octanol–water partition coefficient (Wildman–Crippen LogP) is 4.92. The molecule has 3 nitrogen and oxygen atoms in total. The molecule has 1 N–H and O–H groups in total. The first-order chi connectivity index (χ1) is 10.8. The Labute approximate surface area is 149 Å². The number of rotatable bonds is 4. The summed E-state index contributed by atoms with van der Waals surface area (Å²) < 4.78 is 2.12. The number of hydrogen-bond donors (Lipinski definition) is 1. The third-order valence-electron chi connectivity index (χ3n) is 3.23. The summed E-state index contributed by atoms with van der Waals surface area (Å²) in [6.07, 6.45) is 1.86. The lowest BCUT2D eigenvalue weighted by atomic mass is 10.2. The Balaban J connectivity index is 0.00000192. The second-order valence-electron chi connectivity index (χ2n) is 4.80. The van der Waals surface area contributed by atoms with E-state index >= 15 is 0 Å². The smallest absolute Gasteiger partial charge is 0.190 e. The summed E-state index contributed by atoms with van der Waals surface area (Å²) >= 11 is 1.58. The molecule has 0 amide bonds. The first kappa shape index (κ1) is 17.2. The lowest BCUT2D eigenvalue weighted by Crippen LogP contribution is -2.14. The van der Waals surface area contributed by atoms with E-state index in [1.54, 1.807) is 29.5 Å². The van der Waals surface area contributed by atoms with Crippen LogP contribution in [0.4, 0.5) is 5.69 Å². The molecule has 0 atom stereocenters. The molecule has 3 aromatic rings. The molecule has 23 heavy (non-hydrogen) atoms. The fourth-order valence-electron chi connectivity index (χ4n) is 2.24. The highest BCUT2D eigenvalue weighted by atomic mass is 79.9. The molecule has 0 saturated heterocycles. The number of aromatic nitrogens is 1. The van der Waals surface area contributed by atoms with Crippen LogP contribution in [0, 0.1) is 0 Å². The fraction of sp³-hybridized carbons (Fsp3) is 0.0556. The summed E-state index contributed by atoms with van der Waals surface area (Å²) in [6.45, 7) is 4.52. The first-order valence-electron chi connectivity index (χ1n) is 6.96. The largest absolute Gasteiger partial charge is 0.508 e. The molecule has 0 saturated carbocycles. The van der Waals surface area contributed by atoms with Crippen molar-refractivity contribution in [2.75, 3.05) is 0 Å². The van der Waals surface area contributed by atoms with Crippen LogP contribution in [0.15, 0.2) is 77.6 Å². The Kier molecular flexibility index (Phi) is 5.96. The van der Waals surface area contributed by atoms with E-state index in [9.17, 15) is 5.11 Å². The van der Waals surface area contributed by atoms with Crippen LogP contribution in [0.25, 0.3) is 11.3 Å². The van der Waals surface area contributed by atoms with Gasteiger partial charge < -0.3 is 9.67 Å². The maximum absolute atomic E-state index is 9.57. The number of hydrogen-bond acceptors (Lipinski definition) is 3. The third-order valence-corrected chi connectivity index (χ3v) is 4.10. The van der Waals surface area contributed by atoms with Gasteiger partial charge in [0.05, 0.1) is 11.4 Å². The van der Waals surface area contributed by atoms with E-state index < -0.39 is 0 Å². The summed E-state index contributed by atoms with van der Waals surface area (Å²) in [7, 11) is 0. The van der Waals surface area contributed by atoms with Crippen molar-refractivity contribution >= 4 is 34.0 Å². The van der Waals surface area contributed by atoms with Crippen LogP contribution in [0.1, 0.15) is 0 Å². The number of phenols is 1. The molecular weight excluding hydrogens is 372 g/mol. The van der Waals surface area contributed by atoms with Crippen LogP contribution in [-0.4, -0.2) is 9.67 Å². The summed E-state index contributed by atoms with van der Waals surface area (Å²) in [6, 6.07) is 17.2. The zero-order chi connectivity index (χ0) is 15.4. The lowest BCUT2D eigenvalue weighted by molar-refractivity contribution is 0.475. The van der Waals surface area contributed by atoms with Crippen LogP contribution in [-0.2, 0) is 6.54 Å². The number of thiazole rings is 1. The lowest BCUT2D eigenvalue weighted by Gasteiger charge is -2.06. The monoisotopic (exact) mass is 388 g/mol. The molecule has 0 bridgehead atoms. The molecule has 0 fully saturated rings. The van der Waals surface area contributed by atoms with Crippen molar-refractivity contribution in [3.05, 3.63) is 77.4 Å². The molecule has 0 aliphatic carbocycles. The molecule has 2 aromatic carbocycles. The van der Waals surface area contributed by atoms with Gasteiger partial charge in [0.2, 0.25) is 0 Å². The molecule has 118 valence electrons. The van der Waals surface area contributed by atoms with E-state index in [2.05, 4.69) is 33.7 Å². The van der Waals surface area contributed by atoms with Crippen molar-refractivity contribution in [1.29, 1.82) is 0 Å². The van der Waals surface area contributed by atoms with Crippen molar-refractivity contribution in [3.8, 4) is 17.0 Å². The van der Waals surface area contributed by atoms with Gasteiger partial charge in [0.15, 0.2) is 4.80 Å². The van der Waals surface area contributed by atoms with E-state index in [0.717, 1.165) is 21.7 Å². The molecule has 1 heterocycles. The van der Waals surface area contributed by atoms with Gasteiger partial charge in [0.25, 0.3) is 0 Å². The second-order valence-corrected chi connectivity index (χ2v) is 5.64. The predicted molar refractivity (Wildman–Crippen MR) is 102 cm³/mol. The second kappa shape index (κ2) is 7.94. The Morgan fingerprint density at radius 2 is 1.91 bits per heavy atom. The highest BCUT2D eigenvalue weighted by Gasteiger charge is 2.06. The number of aromatic hydroxyl groups is 1. The van der Waals surface area contributed by atoms with E-state index in [0.29, 0.717) is 6.54 Å². The van der Waals surface area contributed by atoms with Crippen molar-refractivity contribution < 1.29 is 5.11 Å². The normalized spacial score (nSPS) is 11.0. The zero-order valence-electron chi connectivity index (χ0n) is 12.4. The van der Waals surface area contributed by atoms with Gasteiger partial charge in [-0.25, -0.2) is 4.99 Å². The van der Waals surface area contributed by atoms with Crippen LogP contribution in [0.5, 0.6) is 5.75 Å². The summed E-state index contributed by atoms with van der Waals surface area (Å²) in [5.74, 6) is 0.219. The summed E-state index contributed by atoms with van der Waals surface area (Å²) in [5, 5.41) is 11.7. The molecule has 0 aliphatic rings. The minimum atomic E-state index is 0. The number of benzene rings is 2. The average molecular weight is 389 g/mol. The topological polar surface area (TPSA) is 37.5 Å². The third kappa shape index (κ3) is 4.00. The molecule has 1 aromatic heterocycles. The number of phenolic OH excluding ortho intramolecular Hbond substituents is 1. The zero-order valence-corrected chi connectivity index (χ0v) is 15.0. The van der Waals surface area contributed by atoms with Crippen LogP contribution in [0.3, 0.4) is 0 Å². The van der Waals surface area contributed by atoms with E-state index in [-0.39, 0.29) is 22.7 Å². The molecule has 0 unspecified atom stereocenters. The van der Waals surface area contributed by atoms with Gasteiger partial charge in [-0.3, -0.25) is 0 Å². The first-order valence-corrected chi connectivity index (χ1v) is 7.84. The van der Waals surface area contributed by atoms with Crippen LogP contribution < -0.4 is 4.80 Å². The quantitative estimate of drug-likeness (QED) is 0.632. The van der Waals surface area contributed by atoms with E-state index in [1.807, 2.05) is 30.3 Å². The average Bonchev–Trinajstić information content (AvgIpc) is 2.91. The van der Waals surface area contributed by atoms with Gasteiger partial charge in [0.1, 0.15) is 5.75 Å². The number of allylic oxidation sites excluding steroid dienone is 1. The van der Waals surface area contributed by atoms with Gasteiger partial charge in [-0.1, -0.05) is 42.5 Å². The standard InChI is InChI=1S/C18H16N2OS.BrH/c1-2-11-20-17(14-7-4-3-5-8-14)13-22-18(20)19-15-9-6-10-16(21)12-15;/h2-10,12-13,21H,1,11H2;1H. The Morgan fingerprint density at radius 3 is 2.61 bits per heavy atom. The van der Waals surface area contributed by atoms with Crippen molar-refractivity contribution in [2.24, 2.45) is 4.99 Å². The molecule has 0 radical (unpaired) electrons. The number of halogens is 1. The van der Waals surface area contributed by atoms with Crippen molar-refractivity contribution in [3.63, 3.8) is 0 Å².